The third-order valence-electron chi connectivity index (χ3n) is 3.38. The van der Waals surface area contributed by atoms with Crippen LogP contribution >= 0.6 is 0 Å². The lowest BCUT2D eigenvalue weighted by Gasteiger charge is -2.18. The highest BCUT2D eigenvalue weighted by molar-refractivity contribution is 5.93. The lowest BCUT2D eigenvalue weighted by molar-refractivity contribution is -0.114. The molecule has 6 heteroatoms. The fraction of sp³-hybridized carbons (Fsp3) is 0.118. The molecular formula is C17H17N5O. The second kappa shape index (κ2) is 6.74. The zero-order valence-electron chi connectivity index (χ0n) is 12.8. The highest BCUT2D eigenvalue weighted by Crippen LogP contribution is 2.12. The van der Waals surface area contributed by atoms with Crippen LogP contribution in [0.2, 0.25) is 0 Å². The number of imidazole rings is 1. The lowest BCUT2D eigenvalue weighted by Crippen LogP contribution is -2.30. The van der Waals surface area contributed by atoms with E-state index in [1.165, 1.54) is 0 Å². The van der Waals surface area contributed by atoms with Crippen LogP contribution in [0.3, 0.4) is 0 Å². The lowest BCUT2D eigenvalue weighted by atomic mass is 10.3. The zero-order valence-corrected chi connectivity index (χ0v) is 12.8. The van der Waals surface area contributed by atoms with Gasteiger partial charge in [-0.1, -0.05) is 18.2 Å². The van der Waals surface area contributed by atoms with Gasteiger partial charge in [-0.15, -0.1) is 0 Å². The number of likely N-dealkylation sites (N-methyl/N-ethyl adjacent to an activating group) is 1. The third-order valence-corrected chi connectivity index (χ3v) is 3.38. The number of anilines is 2. The number of rotatable bonds is 5. The van der Waals surface area contributed by atoms with E-state index in [0.717, 1.165) is 11.5 Å². The number of hydrogen-bond donors (Lipinski definition) is 1. The van der Waals surface area contributed by atoms with Gasteiger partial charge < -0.3 is 10.2 Å². The normalized spacial score (nSPS) is 10.3. The van der Waals surface area contributed by atoms with Crippen molar-refractivity contribution in [3.63, 3.8) is 0 Å². The van der Waals surface area contributed by atoms with Crippen LogP contribution in [0.1, 0.15) is 0 Å². The van der Waals surface area contributed by atoms with E-state index < -0.39 is 0 Å². The molecule has 0 aliphatic carbocycles. The monoisotopic (exact) mass is 307 g/mol. The summed E-state index contributed by atoms with van der Waals surface area (Å²) < 4.78 is 1.80. The Bertz CT molecular complexity index is 753. The van der Waals surface area contributed by atoms with Gasteiger partial charge in [0.25, 0.3) is 0 Å². The maximum atomic E-state index is 12.1. The van der Waals surface area contributed by atoms with E-state index in [-0.39, 0.29) is 12.5 Å². The Hall–Kier alpha value is -3.15. The van der Waals surface area contributed by atoms with Gasteiger partial charge in [-0.25, -0.2) is 9.97 Å². The van der Waals surface area contributed by atoms with Crippen LogP contribution in [0.25, 0.3) is 5.82 Å². The number of aromatic nitrogens is 3. The number of pyridine rings is 1. The number of hydrogen-bond acceptors (Lipinski definition) is 4. The van der Waals surface area contributed by atoms with Crippen LogP contribution in [-0.4, -0.2) is 34.0 Å². The Morgan fingerprint density at radius 2 is 2.04 bits per heavy atom. The number of para-hydroxylation sites is 1. The van der Waals surface area contributed by atoms with Gasteiger partial charge in [0.2, 0.25) is 5.91 Å². The molecule has 0 fully saturated rings. The van der Waals surface area contributed by atoms with Crippen LogP contribution < -0.4 is 10.2 Å². The molecule has 0 bridgehead atoms. The first-order valence-electron chi connectivity index (χ1n) is 7.23. The molecule has 0 unspecified atom stereocenters. The molecule has 0 spiro atoms. The summed E-state index contributed by atoms with van der Waals surface area (Å²) in [5, 5.41) is 2.85. The second-order valence-electron chi connectivity index (χ2n) is 5.11. The van der Waals surface area contributed by atoms with Crippen molar-refractivity contribution in [2.45, 2.75) is 0 Å². The smallest absolute Gasteiger partial charge is 0.243 e. The minimum Gasteiger partial charge on any atom is -0.365 e. The molecule has 2 heterocycles. The molecule has 1 aromatic carbocycles. The van der Waals surface area contributed by atoms with Crippen LogP contribution in [0.15, 0.2) is 67.4 Å². The molecular weight excluding hydrogens is 290 g/mol. The van der Waals surface area contributed by atoms with Crippen molar-refractivity contribution < 1.29 is 4.79 Å². The molecule has 1 amide bonds. The number of nitrogens with one attached hydrogen (secondary N) is 1. The van der Waals surface area contributed by atoms with Gasteiger partial charge in [-0.2, -0.15) is 0 Å². The fourth-order valence-corrected chi connectivity index (χ4v) is 2.20. The van der Waals surface area contributed by atoms with E-state index in [1.54, 1.807) is 23.3 Å². The predicted molar refractivity (Wildman–Crippen MR) is 89.7 cm³/mol. The van der Waals surface area contributed by atoms with Crippen molar-refractivity contribution >= 4 is 17.3 Å². The first-order chi connectivity index (χ1) is 11.2. The summed E-state index contributed by atoms with van der Waals surface area (Å²) in [7, 11) is 1.88. The van der Waals surface area contributed by atoms with Crippen molar-refractivity contribution in [3.05, 3.63) is 67.4 Å². The molecule has 0 saturated heterocycles. The molecule has 0 atom stereocenters. The van der Waals surface area contributed by atoms with Crippen LogP contribution in [0.5, 0.6) is 0 Å². The molecule has 3 aromatic rings. The van der Waals surface area contributed by atoms with Gasteiger partial charge in [0.1, 0.15) is 12.1 Å². The molecule has 23 heavy (non-hydrogen) atoms. The van der Waals surface area contributed by atoms with Crippen LogP contribution in [0, 0.1) is 0 Å². The first-order valence-corrected chi connectivity index (χ1v) is 7.23. The standard InChI is InChI=1S/C17H17N5O/c1-21(15-5-3-2-4-6-15)12-17(23)20-14-7-8-16(19-11-14)22-10-9-18-13-22/h2-11,13H,12H2,1H3,(H,20,23). The Kier molecular flexibility index (Phi) is 4.33. The summed E-state index contributed by atoms with van der Waals surface area (Å²) in [5.74, 6) is 0.662. The van der Waals surface area contributed by atoms with Crippen LogP contribution in [-0.2, 0) is 4.79 Å². The minimum absolute atomic E-state index is 0.0893. The molecule has 2 aromatic heterocycles. The summed E-state index contributed by atoms with van der Waals surface area (Å²) in [5.41, 5.74) is 1.66. The van der Waals surface area contributed by atoms with E-state index >= 15 is 0 Å². The highest BCUT2D eigenvalue weighted by Gasteiger charge is 2.08. The molecule has 0 saturated carbocycles. The Morgan fingerprint density at radius 1 is 1.22 bits per heavy atom. The summed E-state index contributed by atoms with van der Waals surface area (Å²) in [6, 6.07) is 13.4. The van der Waals surface area contributed by atoms with Gasteiger partial charge in [0.15, 0.2) is 0 Å². The highest BCUT2D eigenvalue weighted by atomic mass is 16.2. The topological polar surface area (TPSA) is 63.1 Å². The zero-order chi connectivity index (χ0) is 16.1. The quantitative estimate of drug-likeness (QED) is 0.786. The number of carbonyl (C=O) groups is 1. The van der Waals surface area contributed by atoms with E-state index in [1.807, 2.05) is 60.6 Å². The molecule has 3 rings (SSSR count). The average molecular weight is 307 g/mol. The van der Waals surface area contributed by atoms with Crippen LogP contribution in [0.4, 0.5) is 11.4 Å². The van der Waals surface area contributed by atoms with Crippen molar-refractivity contribution in [2.24, 2.45) is 0 Å². The third kappa shape index (κ3) is 3.74. The summed E-state index contributed by atoms with van der Waals surface area (Å²) in [6.07, 6.45) is 6.82. The maximum Gasteiger partial charge on any atom is 0.243 e. The molecule has 116 valence electrons. The van der Waals surface area contributed by atoms with Gasteiger partial charge in [-0.05, 0) is 24.3 Å². The summed E-state index contributed by atoms with van der Waals surface area (Å²) in [4.78, 5) is 22.3. The van der Waals surface area contributed by atoms with Gasteiger partial charge in [-0.3, -0.25) is 9.36 Å². The van der Waals surface area contributed by atoms with Gasteiger partial charge in [0.05, 0.1) is 18.4 Å². The van der Waals surface area contributed by atoms with E-state index in [9.17, 15) is 4.79 Å². The summed E-state index contributed by atoms with van der Waals surface area (Å²) >= 11 is 0. The number of nitrogens with zero attached hydrogens (tertiary/aromatic N) is 4. The first kappa shape index (κ1) is 14.8. The van der Waals surface area contributed by atoms with E-state index in [2.05, 4.69) is 15.3 Å². The molecule has 6 nitrogen and oxygen atoms in total. The molecule has 0 aliphatic heterocycles. The minimum atomic E-state index is -0.0893. The SMILES string of the molecule is CN(CC(=O)Nc1ccc(-n2ccnc2)nc1)c1ccccc1. The second-order valence-corrected chi connectivity index (χ2v) is 5.11. The molecule has 1 N–H and O–H groups in total. The van der Waals surface area contributed by atoms with Gasteiger partial charge >= 0.3 is 0 Å². The molecule has 0 radical (unpaired) electrons. The Morgan fingerprint density at radius 3 is 2.70 bits per heavy atom. The number of benzene rings is 1. The van der Waals surface area contributed by atoms with Crippen molar-refractivity contribution in [1.29, 1.82) is 0 Å². The van der Waals surface area contributed by atoms with E-state index in [0.29, 0.717) is 5.69 Å². The number of carbonyl (C=O) groups excluding carboxylic acids is 1. The average Bonchev–Trinajstić information content (AvgIpc) is 3.11. The predicted octanol–water partition coefficient (Wildman–Crippen LogP) is 2.34. The molecule has 0 aliphatic rings. The van der Waals surface area contributed by atoms with Crippen molar-refractivity contribution in [2.75, 3.05) is 23.8 Å². The van der Waals surface area contributed by atoms with E-state index in [4.69, 9.17) is 0 Å². The van der Waals surface area contributed by atoms with Crippen molar-refractivity contribution in [3.8, 4) is 5.82 Å². The number of amides is 1. The van der Waals surface area contributed by atoms with Crippen molar-refractivity contribution in [1.82, 2.24) is 14.5 Å². The fourth-order valence-electron chi connectivity index (χ4n) is 2.20. The largest absolute Gasteiger partial charge is 0.365 e. The maximum absolute atomic E-state index is 12.1. The van der Waals surface area contributed by atoms with Gasteiger partial charge in [0, 0.05) is 25.1 Å². The Balaban J connectivity index is 1.60. The Labute approximate surface area is 134 Å². The summed E-state index contributed by atoms with van der Waals surface area (Å²) in [6.45, 7) is 0.271.